The standard InChI is InChI=1S/C23H21ClN2O3S/c1-29-18-7-4-15(5-8-18)17-10-11-26(14-17)23(28)16-6-9-19(24)20(13-16)25-22(27)21-3-2-12-30-21/h2-9,12-13,17H,10-11,14H2,1H3,(H,25,27). The quantitative estimate of drug-likeness (QED) is 0.586. The van der Waals surface area contributed by atoms with E-state index in [0.29, 0.717) is 40.2 Å². The van der Waals surface area contributed by atoms with Crippen LogP contribution in [0.5, 0.6) is 5.75 Å². The topological polar surface area (TPSA) is 58.6 Å². The van der Waals surface area contributed by atoms with Gasteiger partial charge in [0.15, 0.2) is 0 Å². The molecule has 2 amide bonds. The van der Waals surface area contributed by atoms with Crippen LogP contribution in [0.25, 0.3) is 0 Å². The normalized spacial score (nSPS) is 15.8. The second kappa shape index (κ2) is 8.90. The lowest BCUT2D eigenvalue weighted by Crippen LogP contribution is -2.28. The average molecular weight is 441 g/mol. The number of hydrogen-bond acceptors (Lipinski definition) is 4. The molecular weight excluding hydrogens is 420 g/mol. The van der Waals surface area contributed by atoms with E-state index in [2.05, 4.69) is 17.4 Å². The molecule has 1 aliphatic rings. The Morgan fingerprint density at radius 2 is 1.97 bits per heavy atom. The highest BCUT2D eigenvalue weighted by molar-refractivity contribution is 7.12. The molecule has 0 spiro atoms. The van der Waals surface area contributed by atoms with Crippen LogP contribution in [0.15, 0.2) is 60.0 Å². The molecule has 4 rings (SSSR count). The van der Waals surface area contributed by atoms with Crippen molar-refractivity contribution in [2.45, 2.75) is 12.3 Å². The van der Waals surface area contributed by atoms with Gasteiger partial charge in [-0.05, 0) is 53.8 Å². The minimum Gasteiger partial charge on any atom is -0.497 e. The van der Waals surface area contributed by atoms with Crippen molar-refractivity contribution in [3.05, 3.63) is 81.0 Å². The first kappa shape index (κ1) is 20.4. The smallest absolute Gasteiger partial charge is 0.265 e. The van der Waals surface area contributed by atoms with Gasteiger partial charge in [-0.25, -0.2) is 0 Å². The lowest BCUT2D eigenvalue weighted by Gasteiger charge is -2.18. The fourth-order valence-electron chi connectivity index (χ4n) is 3.62. The average Bonchev–Trinajstić information content (AvgIpc) is 3.47. The summed E-state index contributed by atoms with van der Waals surface area (Å²) in [4.78, 5) is 27.8. The van der Waals surface area contributed by atoms with Gasteiger partial charge in [0.05, 0.1) is 22.7 Å². The largest absolute Gasteiger partial charge is 0.497 e. The summed E-state index contributed by atoms with van der Waals surface area (Å²) >= 11 is 7.60. The number of carbonyl (C=O) groups excluding carboxylic acids is 2. The molecule has 0 radical (unpaired) electrons. The lowest BCUT2D eigenvalue weighted by atomic mass is 9.98. The third-order valence-corrected chi connectivity index (χ3v) is 6.47. The van der Waals surface area contributed by atoms with E-state index in [1.165, 1.54) is 16.9 Å². The second-order valence-corrected chi connectivity index (χ2v) is 8.49. The summed E-state index contributed by atoms with van der Waals surface area (Å²) in [5.41, 5.74) is 2.15. The number of nitrogens with one attached hydrogen (secondary N) is 1. The Kier molecular flexibility index (Phi) is 6.06. The zero-order valence-corrected chi connectivity index (χ0v) is 18.0. The Balaban J connectivity index is 1.46. The Hall–Kier alpha value is -2.83. The molecule has 1 aromatic heterocycles. The van der Waals surface area contributed by atoms with Crippen LogP contribution in [-0.4, -0.2) is 36.9 Å². The van der Waals surface area contributed by atoms with Crippen LogP contribution in [0.1, 0.15) is 37.9 Å². The molecule has 30 heavy (non-hydrogen) atoms. The van der Waals surface area contributed by atoms with Gasteiger partial charge in [0.2, 0.25) is 0 Å². The summed E-state index contributed by atoms with van der Waals surface area (Å²) in [5, 5.41) is 5.03. The van der Waals surface area contributed by atoms with E-state index in [0.717, 1.165) is 12.2 Å². The molecule has 1 N–H and O–H groups in total. The van der Waals surface area contributed by atoms with Crippen LogP contribution in [0.2, 0.25) is 5.02 Å². The third kappa shape index (κ3) is 4.35. The van der Waals surface area contributed by atoms with E-state index < -0.39 is 0 Å². The molecule has 1 atom stereocenters. The summed E-state index contributed by atoms with van der Waals surface area (Å²) in [7, 11) is 1.65. The zero-order valence-electron chi connectivity index (χ0n) is 16.4. The predicted molar refractivity (Wildman–Crippen MR) is 120 cm³/mol. The molecule has 0 saturated carbocycles. The van der Waals surface area contributed by atoms with Crippen molar-refractivity contribution in [2.75, 3.05) is 25.5 Å². The lowest BCUT2D eigenvalue weighted by molar-refractivity contribution is 0.0790. The first-order valence-corrected chi connectivity index (χ1v) is 10.9. The number of anilines is 1. The van der Waals surface area contributed by atoms with E-state index in [4.69, 9.17) is 16.3 Å². The highest BCUT2D eigenvalue weighted by Gasteiger charge is 2.28. The molecular formula is C23H21ClN2O3S. The Bertz CT molecular complexity index is 1050. The van der Waals surface area contributed by atoms with Gasteiger partial charge in [-0.15, -0.1) is 11.3 Å². The summed E-state index contributed by atoms with van der Waals surface area (Å²) in [6, 6.07) is 16.6. The van der Waals surface area contributed by atoms with Crippen molar-refractivity contribution in [2.24, 2.45) is 0 Å². The van der Waals surface area contributed by atoms with Gasteiger partial charge in [0.1, 0.15) is 5.75 Å². The molecule has 0 aliphatic carbocycles. The number of methoxy groups -OCH3 is 1. The van der Waals surface area contributed by atoms with Crippen LogP contribution in [0.4, 0.5) is 5.69 Å². The van der Waals surface area contributed by atoms with E-state index in [1.54, 1.807) is 31.4 Å². The molecule has 1 fully saturated rings. The predicted octanol–water partition coefficient (Wildman–Crippen LogP) is 5.29. The van der Waals surface area contributed by atoms with Gasteiger partial charge in [0, 0.05) is 24.6 Å². The number of benzene rings is 2. The van der Waals surface area contributed by atoms with Crippen LogP contribution in [0, 0.1) is 0 Å². The number of halogens is 1. The molecule has 2 aromatic carbocycles. The number of rotatable bonds is 5. The number of nitrogens with zero attached hydrogens (tertiary/aromatic N) is 1. The molecule has 5 nitrogen and oxygen atoms in total. The first-order valence-electron chi connectivity index (χ1n) is 9.63. The molecule has 1 unspecified atom stereocenters. The fourth-order valence-corrected chi connectivity index (χ4v) is 4.40. The second-order valence-electron chi connectivity index (χ2n) is 7.14. The maximum atomic E-state index is 13.1. The summed E-state index contributed by atoms with van der Waals surface area (Å²) in [6.45, 7) is 1.35. The number of thiophene rings is 1. The van der Waals surface area contributed by atoms with Gasteiger partial charge in [0.25, 0.3) is 11.8 Å². The number of likely N-dealkylation sites (tertiary alicyclic amines) is 1. The zero-order chi connectivity index (χ0) is 21.1. The maximum absolute atomic E-state index is 13.1. The highest BCUT2D eigenvalue weighted by atomic mass is 35.5. The molecule has 154 valence electrons. The molecule has 1 saturated heterocycles. The molecule has 3 aromatic rings. The highest BCUT2D eigenvalue weighted by Crippen LogP contribution is 2.31. The fraction of sp³-hybridized carbons (Fsp3) is 0.217. The molecule has 7 heteroatoms. The van der Waals surface area contributed by atoms with E-state index in [1.807, 2.05) is 28.5 Å². The van der Waals surface area contributed by atoms with Crippen LogP contribution < -0.4 is 10.1 Å². The molecule has 1 aliphatic heterocycles. The molecule has 2 heterocycles. The summed E-state index contributed by atoms with van der Waals surface area (Å²) in [5.74, 6) is 0.819. The number of amides is 2. The van der Waals surface area contributed by atoms with Crippen molar-refractivity contribution in [1.29, 1.82) is 0 Å². The number of hydrogen-bond donors (Lipinski definition) is 1. The van der Waals surface area contributed by atoms with E-state index in [-0.39, 0.29) is 11.8 Å². The monoisotopic (exact) mass is 440 g/mol. The summed E-state index contributed by atoms with van der Waals surface area (Å²) < 4.78 is 5.22. The van der Waals surface area contributed by atoms with Crippen molar-refractivity contribution >= 4 is 40.4 Å². The maximum Gasteiger partial charge on any atom is 0.265 e. The van der Waals surface area contributed by atoms with Crippen LogP contribution in [0.3, 0.4) is 0 Å². The van der Waals surface area contributed by atoms with Crippen molar-refractivity contribution < 1.29 is 14.3 Å². The van der Waals surface area contributed by atoms with Gasteiger partial charge in [-0.1, -0.05) is 29.8 Å². The minimum atomic E-state index is -0.239. The van der Waals surface area contributed by atoms with Gasteiger partial charge in [-0.3, -0.25) is 9.59 Å². The van der Waals surface area contributed by atoms with Crippen LogP contribution >= 0.6 is 22.9 Å². The minimum absolute atomic E-state index is 0.0608. The number of ether oxygens (including phenoxy) is 1. The van der Waals surface area contributed by atoms with Gasteiger partial charge in [-0.2, -0.15) is 0 Å². The Morgan fingerprint density at radius 3 is 2.67 bits per heavy atom. The molecule has 0 bridgehead atoms. The van der Waals surface area contributed by atoms with Gasteiger partial charge >= 0.3 is 0 Å². The Morgan fingerprint density at radius 1 is 1.17 bits per heavy atom. The van der Waals surface area contributed by atoms with Crippen molar-refractivity contribution in [1.82, 2.24) is 4.90 Å². The summed E-state index contributed by atoms with van der Waals surface area (Å²) in [6.07, 6.45) is 0.910. The number of carbonyl (C=O) groups is 2. The van der Waals surface area contributed by atoms with Gasteiger partial charge < -0.3 is 15.0 Å². The Labute approximate surface area is 184 Å². The van der Waals surface area contributed by atoms with Crippen molar-refractivity contribution in [3.63, 3.8) is 0 Å². The van der Waals surface area contributed by atoms with Crippen LogP contribution in [-0.2, 0) is 0 Å². The third-order valence-electron chi connectivity index (χ3n) is 5.27. The van der Waals surface area contributed by atoms with Crippen molar-refractivity contribution in [3.8, 4) is 5.75 Å². The first-order chi connectivity index (χ1) is 14.5. The van der Waals surface area contributed by atoms with E-state index in [9.17, 15) is 9.59 Å². The SMILES string of the molecule is COc1ccc(C2CCN(C(=O)c3ccc(Cl)c(NC(=O)c4cccs4)c3)C2)cc1. The van der Waals surface area contributed by atoms with E-state index >= 15 is 0 Å².